The summed E-state index contributed by atoms with van der Waals surface area (Å²) in [6.07, 6.45) is 3.40. The maximum atomic E-state index is 12.5. The first-order chi connectivity index (χ1) is 13.1. The quantitative estimate of drug-likeness (QED) is 0.623. The average Bonchev–Trinajstić information content (AvgIpc) is 2.68. The molecule has 0 aliphatic heterocycles. The van der Waals surface area contributed by atoms with E-state index in [0.717, 1.165) is 11.3 Å². The lowest BCUT2D eigenvalue weighted by molar-refractivity contribution is -0.113. The number of thioether (sulfide) groups is 1. The largest absolute Gasteiger partial charge is 0.331 e. The van der Waals surface area contributed by atoms with Crippen LogP contribution in [0.25, 0.3) is 0 Å². The molecule has 0 bridgehead atoms. The minimum absolute atomic E-state index is 0.0255. The lowest BCUT2D eigenvalue weighted by atomic mass is 10.1. The second-order valence-corrected chi connectivity index (χ2v) is 6.88. The maximum absolute atomic E-state index is 12.5. The first-order valence-corrected chi connectivity index (χ1v) is 9.82. The molecule has 0 atom stereocenters. The zero-order valence-electron chi connectivity index (χ0n) is 15.3. The molecule has 0 saturated carbocycles. The molecule has 0 aromatic heterocycles. The molecule has 2 aromatic rings. The summed E-state index contributed by atoms with van der Waals surface area (Å²) >= 11 is 1.54. The van der Waals surface area contributed by atoms with Crippen LogP contribution in [0.4, 0.5) is 5.69 Å². The summed E-state index contributed by atoms with van der Waals surface area (Å²) in [6, 6.07) is 16.9. The molecule has 0 unspecified atom stereocenters. The number of nitrogens with one attached hydrogen (secondary N) is 1. The smallest absolute Gasteiger partial charge is 0.254 e. The molecular weight excluding hydrogens is 356 g/mol. The standard InChI is InChI=1S/C22H24N2O2S/c1-3-14-24(15-4-2)22(26)19-12-10-18(11-13-19)16-27-17-21(25)23-20-8-6-5-7-9-20/h3-13H,1-2,14-17H2,(H,23,25). The van der Waals surface area contributed by atoms with E-state index >= 15 is 0 Å². The fraction of sp³-hybridized carbons (Fsp3) is 0.182. The van der Waals surface area contributed by atoms with E-state index in [4.69, 9.17) is 0 Å². The molecule has 27 heavy (non-hydrogen) atoms. The number of carbonyl (C=O) groups excluding carboxylic acids is 2. The second-order valence-electron chi connectivity index (χ2n) is 5.89. The van der Waals surface area contributed by atoms with Crippen molar-refractivity contribution < 1.29 is 9.59 Å². The van der Waals surface area contributed by atoms with Gasteiger partial charge in [0.25, 0.3) is 5.91 Å². The first-order valence-electron chi connectivity index (χ1n) is 8.66. The number of rotatable bonds is 10. The molecule has 0 fully saturated rings. The van der Waals surface area contributed by atoms with Crippen molar-refractivity contribution in [1.29, 1.82) is 0 Å². The van der Waals surface area contributed by atoms with Crippen LogP contribution in [-0.2, 0) is 10.5 Å². The van der Waals surface area contributed by atoms with Crippen LogP contribution in [0.5, 0.6) is 0 Å². The molecule has 0 heterocycles. The Bertz CT molecular complexity index is 763. The van der Waals surface area contributed by atoms with E-state index in [1.165, 1.54) is 11.8 Å². The molecule has 5 heteroatoms. The summed E-state index contributed by atoms with van der Waals surface area (Å²) in [4.78, 5) is 26.1. The Morgan fingerprint density at radius 1 is 0.963 bits per heavy atom. The third-order valence-electron chi connectivity index (χ3n) is 3.75. The van der Waals surface area contributed by atoms with Gasteiger partial charge in [0.1, 0.15) is 0 Å². The van der Waals surface area contributed by atoms with E-state index in [-0.39, 0.29) is 11.8 Å². The van der Waals surface area contributed by atoms with Crippen LogP contribution < -0.4 is 5.32 Å². The second kappa shape index (κ2) is 11.0. The lowest BCUT2D eigenvalue weighted by Gasteiger charge is -2.19. The molecule has 0 saturated heterocycles. The van der Waals surface area contributed by atoms with Crippen molar-refractivity contribution in [2.45, 2.75) is 5.75 Å². The van der Waals surface area contributed by atoms with E-state index in [2.05, 4.69) is 18.5 Å². The van der Waals surface area contributed by atoms with Crippen molar-refractivity contribution in [2.24, 2.45) is 0 Å². The van der Waals surface area contributed by atoms with E-state index in [1.807, 2.05) is 54.6 Å². The predicted octanol–water partition coefficient (Wildman–Crippen LogP) is 4.37. The number of para-hydroxylation sites is 1. The Labute approximate surface area is 165 Å². The van der Waals surface area contributed by atoms with Gasteiger partial charge in [-0.3, -0.25) is 9.59 Å². The van der Waals surface area contributed by atoms with Gasteiger partial charge in [-0.2, -0.15) is 0 Å². The molecule has 0 spiro atoms. The Morgan fingerprint density at radius 3 is 2.19 bits per heavy atom. The summed E-state index contributed by atoms with van der Waals surface area (Å²) < 4.78 is 0. The van der Waals surface area contributed by atoms with Gasteiger partial charge in [0.15, 0.2) is 0 Å². The van der Waals surface area contributed by atoms with Gasteiger partial charge in [0.05, 0.1) is 5.75 Å². The Balaban J connectivity index is 1.82. The lowest BCUT2D eigenvalue weighted by Crippen LogP contribution is -2.31. The van der Waals surface area contributed by atoms with Crippen molar-refractivity contribution in [2.75, 3.05) is 24.2 Å². The third kappa shape index (κ3) is 6.79. The average molecular weight is 381 g/mol. The van der Waals surface area contributed by atoms with E-state index in [1.54, 1.807) is 17.1 Å². The maximum Gasteiger partial charge on any atom is 0.254 e. The van der Waals surface area contributed by atoms with Gasteiger partial charge >= 0.3 is 0 Å². The van der Waals surface area contributed by atoms with E-state index in [0.29, 0.717) is 30.2 Å². The number of amides is 2. The van der Waals surface area contributed by atoms with Gasteiger partial charge in [-0.1, -0.05) is 42.5 Å². The number of hydrogen-bond acceptors (Lipinski definition) is 3. The van der Waals surface area contributed by atoms with E-state index < -0.39 is 0 Å². The van der Waals surface area contributed by atoms with Gasteiger partial charge in [-0.25, -0.2) is 0 Å². The zero-order valence-corrected chi connectivity index (χ0v) is 16.1. The number of carbonyl (C=O) groups is 2. The Hall–Kier alpha value is -2.79. The van der Waals surface area contributed by atoms with Crippen LogP contribution in [0.2, 0.25) is 0 Å². The Morgan fingerprint density at radius 2 is 1.59 bits per heavy atom. The van der Waals surface area contributed by atoms with Crippen molar-refractivity contribution >= 4 is 29.3 Å². The monoisotopic (exact) mass is 380 g/mol. The molecule has 0 aliphatic carbocycles. The van der Waals surface area contributed by atoms with Gasteiger partial charge in [0.2, 0.25) is 5.91 Å². The fourth-order valence-electron chi connectivity index (χ4n) is 2.46. The number of benzene rings is 2. The first kappa shape index (κ1) is 20.5. The van der Waals surface area contributed by atoms with E-state index in [9.17, 15) is 9.59 Å². The number of anilines is 1. The van der Waals surface area contributed by atoms with Gasteiger partial charge in [-0.15, -0.1) is 24.9 Å². The molecule has 0 aliphatic rings. The van der Waals surface area contributed by atoms with Gasteiger partial charge in [-0.05, 0) is 29.8 Å². The minimum atomic E-state index is -0.0451. The van der Waals surface area contributed by atoms with Crippen molar-refractivity contribution in [1.82, 2.24) is 4.90 Å². The highest BCUT2D eigenvalue weighted by molar-refractivity contribution is 7.99. The zero-order chi connectivity index (χ0) is 19.5. The molecule has 2 aromatic carbocycles. The van der Waals surface area contributed by atoms with Gasteiger partial charge in [0, 0.05) is 30.1 Å². The summed E-state index contributed by atoms with van der Waals surface area (Å²) in [5.74, 6) is 1.01. The molecule has 2 rings (SSSR count). The van der Waals surface area contributed by atoms with Crippen LogP contribution in [0.1, 0.15) is 15.9 Å². The molecule has 140 valence electrons. The number of nitrogens with zero attached hydrogens (tertiary/aromatic N) is 1. The summed E-state index contributed by atoms with van der Waals surface area (Å²) in [7, 11) is 0. The molecule has 1 N–H and O–H groups in total. The van der Waals surface area contributed by atoms with Crippen LogP contribution in [0.15, 0.2) is 79.9 Å². The predicted molar refractivity (Wildman–Crippen MR) is 114 cm³/mol. The van der Waals surface area contributed by atoms with Gasteiger partial charge < -0.3 is 10.2 Å². The molecule has 4 nitrogen and oxygen atoms in total. The highest BCUT2D eigenvalue weighted by Gasteiger charge is 2.13. The van der Waals surface area contributed by atoms with Crippen LogP contribution in [0, 0.1) is 0 Å². The summed E-state index contributed by atoms with van der Waals surface area (Å²) in [5.41, 5.74) is 2.51. The normalized spacial score (nSPS) is 10.1. The molecular formula is C22H24N2O2S. The van der Waals surface area contributed by atoms with Crippen molar-refractivity contribution in [3.05, 3.63) is 91.0 Å². The third-order valence-corrected chi connectivity index (χ3v) is 4.75. The summed E-state index contributed by atoms with van der Waals surface area (Å²) in [6.45, 7) is 8.34. The molecule has 0 radical (unpaired) electrons. The topological polar surface area (TPSA) is 49.4 Å². The van der Waals surface area contributed by atoms with Crippen LogP contribution in [0.3, 0.4) is 0 Å². The SMILES string of the molecule is C=CCN(CC=C)C(=O)c1ccc(CSCC(=O)Nc2ccccc2)cc1. The summed E-state index contributed by atoms with van der Waals surface area (Å²) in [5, 5.41) is 2.86. The highest BCUT2D eigenvalue weighted by Crippen LogP contribution is 2.15. The Kier molecular flexibility index (Phi) is 8.39. The van der Waals surface area contributed by atoms with Crippen LogP contribution in [-0.4, -0.2) is 35.6 Å². The minimum Gasteiger partial charge on any atom is -0.331 e. The van der Waals surface area contributed by atoms with Crippen molar-refractivity contribution in [3.8, 4) is 0 Å². The van der Waals surface area contributed by atoms with Crippen molar-refractivity contribution in [3.63, 3.8) is 0 Å². The number of hydrogen-bond donors (Lipinski definition) is 1. The molecule has 2 amide bonds. The fourth-order valence-corrected chi connectivity index (χ4v) is 3.25. The van der Waals surface area contributed by atoms with Crippen LogP contribution >= 0.6 is 11.8 Å². The highest BCUT2D eigenvalue weighted by atomic mass is 32.2.